The van der Waals surface area contributed by atoms with E-state index in [9.17, 15) is 22.4 Å². The number of benzene rings is 2. The maximum atomic E-state index is 13.3. The number of sulfone groups is 1. The Labute approximate surface area is 234 Å². The Kier molecular flexibility index (Phi) is 7.63. The molecule has 1 saturated heterocycles. The standard InChI is InChI=1S/C28H25FN4O5S2/c1-17-4-3-9-30-26(17)18-10-19(12-23(11-18)38-22-5-7-24(8-6-22)40(2,36)37)27(35)32-28-31-21(16-39-28)13-25(34)33-14-20(29)15-33/h3-12,16,20H,13-15H2,1-2H3,(H,31,32,35). The zero-order chi connectivity index (χ0) is 28.4. The molecule has 3 heterocycles. The second-order valence-electron chi connectivity index (χ2n) is 9.43. The summed E-state index contributed by atoms with van der Waals surface area (Å²) in [7, 11) is -3.36. The van der Waals surface area contributed by atoms with Gasteiger partial charge in [-0.15, -0.1) is 11.3 Å². The Morgan fingerprint density at radius 1 is 1.12 bits per heavy atom. The number of hydrogen-bond acceptors (Lipinski definition) is 8. The molecule has 0 saturated carbocycles. The number of alkyl halides is 1. The monoisotopic (exact) mass is 580 g/mol. The first-order chi connectivity index (χ1) is 19.0. The normalized spacial score (nSPS) is 13.5. The quantitative estimate of drug-likeness (QED) is 0.321. The number of halogens is 1. The summed E-state index contributed by atoms with van der Waals surface area (Å²) in [6.45, 7) is 2.11. The lowest BCUT2D eigenvalue weighted by Crippen LogP contribution is -2.52. The predicted molar refractivity (Wildman–Crippen MR) is 149 cm³/mol. The molecule has 12 heteroatoms. The number of hydrogen-bond donors (Lipinski definition) is 1. The minimum absolute atomic E-state index is 0.0314. The Balaban J connectivity index is 1.38. The van der Waals surface area contributed by atoms with Gasteiger partial charge in [0.15, 0.2) is 15.0 Å². The number of nitrogens with one attached hydrogen (secondary N) is 1. The maximum Gasteiger partial charge on any atom is 0.257 e. The van der Waals surface area contributed by atoms with Gasteiger partial charge in [-0.3, -0.25) is 19.9 Å². The van der Waals surface area contributed by atoms with Gasteiger partial charge in [-0.2, -0.15) is 0 Å². The van der Waals surface area contributed by atoms with Crippen LogP contribution in [-0.2, 0) is 21.1 Å². The predicted octanol–water partition coefficient (Wildman–Crippen LogP) is 4.68. The largest absolute Gasteiger partial charge is 0.457 e. The van der Waals surface area contributed by atoms with Crippen molar-refractivity contribution in [1.29, 1.82) is 0 Å². The lowest BCUT2D eigenvalue weighted by atomic mass is 10.0. The summed E-state index contributed by atoms with van der Waals surface area (Å²) in [6, 6.07) is 14.7. The van der Waals surface area contributed by atoms with Crippen molar-refractivity contribution in [3.05, 3.63) is 83.0 Å². The molecule has 1 aliphatic heterocycles. The summed E-state index contributed by atoms with van der Waals surface area (Å²) in [5.41, 5.74) is 3.00. The Morgan fingerprint density at radius 3 is 2.55 bits per heavy atom. The zero-order valence-corrected chi connectivity index (χ0v) is 23.3. The van der Waals surface area contributed by atoms with Crippen LogP contribution in [0.1, 0.15) is 21.6 Å². The van der Waals surface area contributed by atoms with Crippen LogP contribution in [0.5, 0.6) is 11.5 Å². The number of nitrogens with zero attached hydrogens (tertiary/aromatic N) is 3. The number of aryl methyl sites for hydroxylation is 1. The molecule has 0 spiro atoms. The summed E-state index contributed by atoms with van der Waals surface area (Å²) in [4.78, 5) is 35.9. The van der Waals surface area contributed by atoms with Crippen LogP contribution < -0.4 is 10.1 Å². The van der Waals surface area contributed by atoms with Gasteiger partial charge < -0.3 is 9.64 Å². The van der Waals surface area contributed by atoms with Gasteiger partial charge in [-0.05, 0) is 61.0 Å². The Bertz CT molecular complexity index is 1680. The fourth-order valence-electron chi connectivity index (χ4n) is 4.11. The average Bonchev–Trinajstić information content (AvgIpc) is 3.33. The number of carbonyl (C=O) groups excluding carboxylic acids is 2. The molecule has 2 aromatic heterocycles. The first-order valence-electron chi connectivity index (χ1n) is 12.3. The van der Waals surface area contributed by atoms with E-state index in [-0.39, 0.29) is 35.9 Å². The summed E-state index contributed by atoms with van der Waals surface area (Å²) in [6.07, 6.45) is 1.85. The van der Waals surface area contributed by atoms with Crippen LogP contribution in [0.3, 0.4) is 0 Å². The van der Waals surface area contributed by atoms with Crippen LogP contribution >= 0.6 is 11.3 Å². The van der Waals surface area contributed by atoms with Crippen molar-refractivity contribution >= 4 is 38.1 Å². The average molecular weight is 581 g/mol. The minimum atomic E-state index is -3.36. The second kappa shape index (κ2) is 11.1. The topological polar surface area (TPSA) is 119 Å². The van der Waals surface area contributed by atoms with Gasteiger partial charge in [0.1, 0.15) is 17.7 Å². The van der Waals surface area contributed by atoms with Gasteiger partial charge in [-0.1, -0.05) is 6.07 Å². The molecule has 9 nitrogen and oxygen atoms in total. The molecule has 0 radical (unpaired) electrons. The summed E-state index contributed by atoms with van der Waals surface area (Å²) < 4.78 is 42.6. The van der Waals surface area contributed by atoms with Crippen LogP contribution in [0.2, 0.25) is 0 Å². The molecule has 0 aliphatic carbocycles. The molecular weight excluding hydrogens is 555 g/mol. The second-order valence-corrected chi connectivity index (χ2v) is 12.3. The molecular formula is C28H25FN4O5S2. The van der Waals surface area contributed by atoms with Crippen molar-refractivity contribution in [2.24, 2.45) is 0 Å². The van der Waals surface area contributed by atoms with E-state index in [1.165, 1.54) is 28.4 Å². The van der Waals surface area contributed by atoms with Gasteiger partial charge in [-0.25, -0.2) is 17.8 Å². The van der Waals surface area contributed by atoms with Crippen LogP contribution in [-0.4, -0.2) is 60.6 Å². The van der Waals surface area contributed by atoms with Crippen LogP contribution in [0, 0.1) is 6.92 Å². The lowest BCUT2D eigenvalue weighted by Gasteiger charge is -2.34. The van der Waals surface area contributed by atoms with Crippen LogP contribution in [0.25, 0.3) is 11.3 Å². The van der Waals surface area contributed by atoms with E-state index in [1.54, 1.807) is 41.9 Å². The summed E-state index contributed by atoms with van der Waals surface area (Å²) >= 11 is 1.18. The molecule has 1 fully saturated rings. The van der Waals surface area contributed by atoms with E-state index in [4.69, 9.17) is 4.74 Å². The molecule has 0 unspecified atom stereocenters. The smallest absolute Gasteiger partial charge is 0.257 e. The molecule has 0 atom stereocenters. The van der Waals surface area contributed by atoms with Gasteiger partial charge in [0.05, 0.1) is 35.8 Å². The third kappa shape index (κ3) is 6.35. The first kappa shape index (κ1) is 27.4. The number of amides is 2. The highest BCUT2D eigenvalue weighted by molar-refractivity contribution is 7.90. The third-order valence-corrected chi connectivity index (χ3v) is 8.17. The van der Waals surface area contributed by atoms with Crippen LogP contribution in [0.4, 0.5) is 9.52 Å². The van der Waals surface area contributed by atoms with Gasteiger partial charge >= 0.3 is 0 Å². The molecule has 206 valence electrons. The fourth-order valence-corrected chi connectivity index (χ4v) is 5.45. The fraction of sp³-hybridized carbons (Fsp3) is 0.214. The van der Waals surface area contributed by atoms with Crippen molar-refractivity contribution in [3.63, 3.8) is 0 Å². The van der Waals surface area contributed by atoms with Gasteiger partial charge in [0.25, 0.3) is 5.91 Å². The number of pyridine rings is 1. The number of rotatable bonds is 8. The maximum absolute atomic E-state index is 13.3. The molecule has 4 aromatic rings. The number of aromatic nitrogens is 2. The first-order valence-corrected chi connectivity index (χ1v) is 15.0. The molecule has 40 heavy (non-hydrogen) atoms. The van der Waals surface area contributed by atoms with E-state index < -0.39 is 21.9 Å². The van der Waals surface area contributed by atoms with Crippen molar-refractivity contribution in [2.45, 2.75) is 24.4 Å². The number of anilines is 1. The Hall–Kier alpha value is -4.16. The Morgan fingerprint density at radius 2 is 1.88 bits per heavy atom. The summed E-state index contributed by atoms with van der Waals surface area (Å²) in [5.74, 6) is 0.0972. The van der Waals surface area contributed by atoms with Crippen molar-refractivity contribution < 1.29 is 27.1 Å². The van der Waals surface area contributed by atoms with E-state index in [0.717, 1.165) is 11.8 Å². The molecule has 2 amide bonds. The number of thiazole rings is 1. The molecule has 5 rings (SSSR count). The van der Waals surface area contributed by atoms with Gasteiger partial charge in [0.2, 0.25) is 5.91 Å². The lowest BCUT2D eigenvalue weighted by molar-refractivity contribution is -0.137. The highest BCUT2D eigenvalue weighted by Gasteiger charge is 2.30. The summed E-state index contributed by atoms with van der Waals surface area (Å²) in [5, 5.41) is 4.77. The molecule has 1 aliphatic rings. The van der Waals surface area contributed by atoms with Crippen molar-refractivity contribution in [2.75, 3.05) is 24.7 Å². The van der Waals surface area contributed by atoms with Crippen molar-refractivity contribution in [3.8, 4) is 22.8 Å². The number of likely N-dealkylation sites (tertiary alicyclic amines) is 1. The molecule has 2 aromatic carbocycles. The van der Waals surface area contributed by atoms with Crippen molar-refractivity contribution in [1.82, 2.24) is 14.9 Å². The van der Waals surface area contributed by atoms with E-state index >= 15 is 0 Å². The van der Waals surface area contributed by atoms with E-state index in [0.29, 0.717) is 33.6 Å². The SMILES string of the molecule is Cc1cccnc1-c1cc(Oc2ccc(S(C)(=O)=O)cc2)cc(C(=O)Nc2nc(CC(=O)N3CC(F)C3)cs2)c1. The number of ether oxygens (including phenoxy) is 1. The van der Waals surface area contributed by atoms with E-state index in [2.05, 4.69) is 15.3 Å². The molecule has 0 bridgehead atoms. The van der Waals surface area contributed by atoms with Crippen LogP contribution in [0.15, 0.2) is 71.1 Å². The minimum Gasteiger partial charge on any atom is -0.457 e. The molecule has 1 N–H and O–H groups in total. The highest BCUT2D eigenvalue weighted by atomic mass is 32.2. The highest BCUT2D eigenvalue weighted by Crippen LogP contribution is 2.31. The number of carbonyl (C=O) groups is 2. The van der Waals surface area contributed by atoms with E-state index in [1.807, 2.05) is 19.1 Å². The van der Waals surface area contributed by atoms with Gasteiger partial charge in [0, 0.05) is 29.0 Å². The zero-order valence-electron chi connectivity index (χ0n) is 21.6. The third-order valence-electron chi connectivity index (χ3n) is 6.23.